The van der Waals surface area contributed by atoms with Gasteiger partial charge in [0.05, 0.1) is 7.11 Å². The van der Waals surface area contributed by atoms with Crippen molar-refractivity contribution >= 4 is 17.2 Å². The van der Waals surface area contributed by atoms with Gasteiger partial charge in [-0.05, 0) is 36.4 Å². The van der Waals surface area contributed by atoms with Crippen molar-refractivity contribution in [3.8, 4) is 22.9 Å². The van der Waals surface area contributed by atoms with E-state index in [1.807, 2.05) is 12.1 Å². The Balaban J connectivity index is 2.16. The molecule has 0 saturated heterocycles. The van der Waals surface area contributed by atoms with Gasteiger partial charge in [-0.25, -0.2) is 4.98 Å². The summed E-state index contributed by atoms with van der Waals surface area (Å²) in [5.41, 5.74) is 1.77. The molecule has 2 heterocycles. The minimum absolute atomic E-state index is 0.0392. The highest BCUT2D eigenvalue weighted by Crippen LogP contribution is 2.30. The topological polar surface area (TPSA) is 59.7 Å². The molecule has 3 aromatic rings. The van der Waals surface area contributed by atoms with Crippen molar-refractivity contribution in [1.29, 1.82) is 0 Å². The summed E-state index contributed by atoms with van der Waals surface area (Å²) in [6.45, 7) is 0. The van der Waals surface area contributed by atoms with Crippen LogP contribution >= 0.6 is 11.6 Å². The monoisotopic (exact) mass is 275 g/mol. The zero-order chi connectivity index (χ0) is 13.4. The molecule has 1 N–H and O–H groups in total. The first-order chi connectivity index (χ1) is 9.19. The van der Waals surface area contributed by atoms with Crippen molar-refractivity contribution in [2.75, 3.05) is 7.11 Å². The number of methoxy groups -OCH3 is 1. The van der Waals surface area contributed by atoms with E-state index in [1.54, 1.807) is 31.4 Å². The molecule has 5 nitrogen and oxygen atoms in total. The van der Waals surface area contributed by atoms with E-state index < -0.39 is 0 Å². The summed E-state index contributed by atoms with van der Waals surface area (Å²) < 4.78 is 6.40. The maximum atomic E-state index is 10.1. The average Bonchev–Trinajstić information content (AvgIpc) is 2.76. The molecule has 0 aliphatic carbocycles. The summed E-state index contributed by atoms with van der Waals surface area (Å²) in [5, 5.41) is 14.4. The van der Waals surface area contributed by atoms with Gasteiger partial charge in [0.1, 0.15) is 16.6 Å². The number of hydrogen-bond acceptors (Lipinski definition) is 4. The lowest BCUT2D eigenvalue weighted by Crippen LogP contribution is -1.90. The largest absolute Gasteiger partial charge is 0.497 e. The lowest BCUT2D eigenvalue weighted by molar-refractivity contribution is 0.415. The van der Waals surface area contributed by atoms with Crippen molar-refractivity contribution in [1.82, 2.24) is 14.6 Å². The van der Waals surface area contributed by atoms with Crippen LogP contribution in [0.15, 0.2) is 36.4 Å². The zero-order valence-corrected chi connectivity index (χ0v) is 10.8. The number of nitrogens with zero attached hydrogens (tertiary/aromatic N) is 3. The first kappa shape index (κ1) is 11.8. The summed E-state index contributed by atoms with van der Waals surface area (Å²) in [6, 6.07) is 10.6. The van der Waals surface area contributed by atoms with Crippen LogP contribution in [0.25, 0.3) is 16.9 Å². The SMILES string of the molecule is COc1ccc(-c2nc3ccc(Cl)nn3c2O)cc1. The average molecular weight is 276 g/mol. The summed E-state index contributed by atoms with van der Waals surface area (Å²) in [7, 11) is 1.60. The molecule has 0 unspecified atom stereocenters. The second-order valence-corrected chi connectivity index (χ2v) is 4.33. The second kappa shape index (κ2) is 4.44. The Bertz CT molecular complexity index is 737. The number of fused-ring (bicyclic) bond motifs is 1. The first-order valence-corrected chi connectivity index (χ1v) is 5.95. The molecule has 0 saturated carbocycles. The van der Waals surface area contributed by atoms with Crippen molar-refractivity contribution < 1.29 is 9.84 Å². The molecule has 0 amide bonds. The van der Waals surface area contributed by atoms with Crippen LogP contribution in [0, 0.1) is 0 Å². The number of aromatic nitrogens is 3. The van der Waals surface area contributed by atoms with Crippen molar-refractivity contribution in [2.24, 2.45) is 0 Å². The normalized spacial score (nSPS) is 10.8. The van der Waals surface area contributed by atoms with Gasteiger partial charge in [0, 0.05) is 5.56 Å². The molecule has 0 fully saturated rings. The van der Waals surface area contributed by atoms with Crippen molar-refractivity contribution in [3.63, 3.8) is 0 Å². The summed E-state index contributed by atoms with van der Waals surface area (Å²) in [6.07, 6.45) is 0. The zero-order valence-electron chi connectivity index (χ0n) is 10.0. The molecule has 1 aromatic carbocycles. The molecule has 96 valence electrons. The number of rotatable bonds is 2. The van der Waals surface area contributed by atoms with E-state index in [9.17, 15) is 5.11 Å². The fourth-order valence-electron chi connectivity index (χ4n) is 1.84. The first-order valence-electron chi connectivity index (χ1n) is 5.58. The summed E-state index contributed by atoms with van der Waals surface area (Å²) in [5.74, 6) is 0.704. The highest BCUT2D eigenvalue weighted by Gasteiger charge is 2.14. The van der Waals surface area contributed by atoms with Gasteiger partial charge in [-0.2, -0.15) is 9.61 Å². The Morgan fingerprint density at radius 3 is 2.58 bits per heavy atom. The number of benzene rings is 1. The molecule has 0 atom stereocenters. The minimum Gasteiger partial charge on any atom is -0.497 e. The van der Waals surface area contributed by atoms with Crippen LogP contribution in [0.1, 0.15) is 0 Å². The molecule has 0 aliphatic heterocycles. The van der Waals surface area contributed by atoms with Gasteiger partial charge >= 0.3 is 0 Å². The molecule has 19 heavy (non-hydrogen) atoms. The third-order valence-electron chi connectivity index (χ3n) is 2.78. The maximum Gasteiger partial charge on any atom is 0.241 e. The number of aromatic hydroxyl groups is 1. The van der Waals surface area contributed by atoms with Crippen LogP contribution in [0.3, 0.4) is 0 Å². The van der Waals surface area contributed by atoms with Crippen LogP contribution in [0.2, 0.25) is 5.15 Å². The minimum atomic E-state index is -0.0392. The van der Waals surface area contributed by atoms with E-state index in [0.717, 1.165) is 11.3 Å². The summed E-state index contributed by atoms with van der Waals surface area (Å²) >= 11 is 5.80. The van der Waals surface area contributed by atoms with Gasteiger partial charge in [0.25, 0.3) is 0 Å². The standard InChI is InChI=1S/C13H10ClN3O2/c1-19-9-4-2-8(3-5-9)12-13(18)17-11(15-12)7-6-10(14)16-17/h2-7,18H,1H3. The van der Waals surface area contributed by atoms with Gasteiger partial charge in [-0.15, -0.1) is 0 Å². The lowest BCUT2D eigenvalue weighted by Gasteiger charge is -2.01. The van der Waals surface area contributed by atoms with Gasteiger partial charge in [0.15, 0.2) is 5.65 Å². The molecule has 0 spiro atoms. The van der Waals surface area contributed by atoms with E-state index in [-0.39, 0.29) is 5.88 Å². The molecule has 6 heteroatoms. The Kier molecular flexibility index (Phi) is 2.76. The van der Waals surface area contributed by atoms with Gasteiger partial charge < -0.3 is 9.84 Å². The number of ether oxygens (including phenoxy) is 1. The number of hydrogen-bond donors (Lipinski definition) is 1. The van der Waals surface area contributed by atoms with Crippen LogP contribution in [0.4, 0.5) is 0 Å². The quantitative estimate of drug-likeness (QED) is 0.781. The molecule has 2 aromatic heterocycles. The fourth-order valence-corrected chi connectivity index (χ4v) is 1.98. The van der Waals surface area contributed by atoms with Crippen molar-refractivity contribution in [2.45, 2.75) is 0 Å². The lowest BCUT2D eigenvalue weighted by atomic mass is 10.1. The Labute approximate surface area is 114 Å². The second-order valence-electron chi connectivity index (χ2n) is 3.94. The number of imidazole rings is 1. The number of halogens is 1. The Morgan fingerprint density at radius 1 is 1.16 bits per heavy atom. The van der Waals surface area contributed by atoms with Crippen LogP contribution in [0.5, 0.6) is 11.6 Å². The van der Waals surface area contributed by atoms with Gasteiger partial charge in [-0.1, -0.05) is 11.6 Å². The molecule has 0 bridgehead atoms. The smallest absolute Gasteiger partial charge is 0.241 e. The van der Waals surface area contributed by atoms with Gasteiger partial charge in [0.2, 0.25) is 5.88 Å². The van der Waals surface area contributed by atoms with E-state index in [0.29, 0.717) is 16.5 Å². The molecule has 0 aliphatic rings. The Morgan fingerprint density at radius 2 is 1.89 bits per heavy atom. The predicted octanol–water partition coefficient (Wildman–Crippen LogP) is 2.76. The van der Waals surface area contributed by atoms with E-state index in [4.69, 9.17) is 16.3 Å². The van der Waals surface area contributed by atoms with Gasteiger partial charge in [-0.3, -0.25) is 0 Å². The van der Waals surface area contributed by atoms with Crippen LogP contribution in [-0.2, 0) is 0 Å². The molecular weight excluding hydrogens is 266 g/mol. The molecule has 0 radical (unpaired) electrons. The maximum absolute atomic E-state index is 10.1. The summed E-state index contributed by atoms with van der Waals surface area (Å²) in [4.78, 5) is 4.33. The molecule has 3 rings (SSSR count). The Hall–Kier alpha value is -2.27. The molecular formula is C13H10ClN3O2. The van der Waals surface area contributed by atoms with Crippen molar-refractivity contribution in [3.05, 3.63) is 41.6 Å². The third kappa shape index (κ3) is 1.98. The van der Waals surface area contributed by atoms with E-state index >= 15 is 0 Å². The van der Waals surface area contributed by atoms with Crippen LogP contribution in [-0.4, -0.2) is 26.8 Å². The highest BCUT2D eigenvalue weighted by molar-refractivity contribution is 6.29. The van der Waals surface area contributed by atoms with Crippen LogP contribution < -0.4 is 4.74 Å². The third-order valence-corrected chi connectivity index (χ3v) is 2.99. The highest BCUT2D eigenvalue weighted by atomic mass is 35.5. The van der Waals surface area contributed by atoms with E-state index in [2.05, 4.69) is 10.1 Å². The van der Waals surface area contributed by atoms with E-state index in [1.165, 1.54) is 4.52 Å². The predicted molar refractivity (Wildman–Crippen MR) is 71.6 cm³/mol. The fraction of sp³-hybridized carbons (Fsp3) is 0.0769.